The van der Waals surface area contributed by atoms with Crippen molar-refractivity contribution in [2.24, 2.45) is 0 Å². The third kappa shape index (κ3) is 3.15. The van der Waals surface area contributed by atoms with Gasteiger partial charge >= 0.3 is 0 Å². The van der Waals surface area contributed by atoms with Crippen molar-refractivity contribution < 1.29 is 4.79 Å². The highest BCUT2D eigenvalue weighted by Crippen LogP contribution is 2.45. The summed E-state index contributed by atoms with van der Waals surface area (Å²) in [6, 6.07) is 27.4. The van der Waals surface area contributed by atoms with Crippen molar-refractivity contribution in [3.05, 3.63) is 101 Å². The van der Waals surface area contributed by atoms with Crippen LogP contribution in [-0.4, -0.2) is 10.8 Å². The number of hydrogen-bond acceptors (Lipinski definition) is 3. The molecule has 0 radical (unpaired) electrons. The van der Waals surface area contributed by atoms with E-state index >= 15 is 0 Å². The normalized spacial score (nSPS) is 12.2. The molecular formula is C30H23NOS. The molecule has 4 aromatic carbocycles. The fraction of sp³-hybridized carbons (Fsp3) is 0.133. The highest BCUT2D eigenvalue weighted by molar-refractivity contribution is 7.21. The Bertz CT molecular complexity index is 1540. The van der Waals surface area contributed by atoms with Crippen LogP contribution >= 0.6 is 11.3 Å². The number of carbonyl (C=O) groups is 1. The van der Waals surface area contributed by atoms with Gasteiger partial charge in [0, 0.05) is 27.8 Å². The second-order valence-corrected chi connectivity index (χ2v) is 9.54. The molecule has 0 saturated carbocycles. The zero-order chi connectivity index (χ0) is 22.5. The van der Waals surface area contributed by atoms with E-state index in [1.807, 2.05) is 12.1 Å². The van der Waals surface area contributed by atoms with Crippen molar-refractivity contribution in [2.45, 2.75) is 26.7 Å². The first-order valence-corrected chi connectivity index (χ1v) is 12.3. The van der Waals surface area contributed by atoms with E-state index < -0.39 is 0 Å². The highest BCUT2D eigenvalue weighted by Gasteiger charge is 2.29. The van der Waals surface area contributed by atoms with Gasteiger partial charge in [-0.1, -0.05) is 80.6 Å². The van der Waals surface area contributed by atoms with E-state index in [2.05, 4.69) is 80.6 Å². The van der Waals surface area contributed by atoms with Gasteiger partial charge in [-0.05, 0) is 47.2 Å². The maximum absolute atomic E-state index is 13.2. The minimum absolute atomic E-state index is 0.124. The van der Waals surface area contributed by atoms with Crippen molar-refractivity contribution >= 4 is 27.3 Å². The summed E-state index contributed by atoms with van der Waals surface area (Å²) in [6.45, 7) is 4.29. The first-order chi connectivity index (χ1) is 16.2. The summed E-state index contributed by atoms with van der Waals surface area (Å²) in [4.78, 5) is 18.3. The SMILES string of the molecule is CCc1ccc(-c2nc3c(-c4cccc5c4-c4ccc(CC)cc4C5=O)cccc3s2)cc1. The monoisotopic (exact) mass is 445 g/mol. The van der Waals surface area contributed by atoms with Gasteiger partial charge < -0.3 is 0 Å². The molecule has 0 saturated heterocycles. The van der Waals surface area contributed by atoms with Gasteiger partial charge in [0.1, 0.15) is 5.01 Å². The van der Waals surface area contributed by atoms with E-state index in [1.165, 1.54) is 11.1 Å². The molecule has 2 nitrogen and oxygen atoms in total. The number of para-hydroxylation sites is 1. The molecule has 0 unspecified atom stereocenters. The van der Waals surface area contributed by atoms with Crippen molar-refractivity contribution in [2.75, 3.05) is 0 Å². The van der Waals surface area contributed by atoms with Crippen LogP contribution in [0, 0.1) is 0 Å². The molecule has 0 aliphatic heterocycles. The summed E-state index contributed by atoms with van der Waals surface area (Å²) in [6.07, 6.45) is 1.95. The van der Waals surface area contributed by atoms with Crippen LogP contribution in [0.15, 0.2) is 78.9 Å². The van der Waals surface area contributed by atoms with Crippen LogP contribution in [0.2, 0.25) is 0 Å². The molecule has 3 heteroatoms. The Balaban J connectivity index is 1.54. The van der Waals surface area contributed by atoms with E-state index in [-0.39, 0.29) is 5.78 Å². The van der Waals surface area contributed by atoms with Crippen LogP contribution in [0.4, 0.5) is 0 Å². The Hall–Kier alpha value is -3.56. The number of nitrogens with zero attached hydrogens (tertiary/aromatic N) is 1. The molecule has 0 spiro atoms. The predicted octanol–water partition coefficient (Wildman–Crippen LogP) is 7.97. The summed E-state index contributed by atoms with van der Waals surface area (Å²) >= 11 is 1.72. The third-order valence-corrected chi connectivity index (χ3v) is 7.70. The molecule has 1 aliphatic carbocycles. The summed E-state index contributed by atoms with van der Waals surface area (Å²) in [7, 11) is 0. The van der Waals surface area contributed by atoms with Gasteiger partial charge in [-0.25, -0.2) is 4.98 Å². The zero-order valence-corrected chi connectivity index (χ0v) is 19.5. The number of rotatable bonds is 4. The lowest BCUT2D eigenvalue weighted by Crippen LogP contribution is -1.96. The number of aromatic nitrogens is 1. The van der Waals surface area contributed by atoms with Crippen LogP contribution in [0.5, 0.6) is 0 Å². The van der Waals surface area contributed by atoms with Gasteiger partial charge in [-0.2, -0.15) is 0 Å². The molecule has 5 aromatic rings. The number of hydrogen-bond donors (Lipinski definition) is 0. The van der Waals surface area contributed by atoms with E-state index in [1.54, 1.807) is 11.3 Å². The quantitative estimate of drug-likeness (QED) is 0.275. The largest absolute Gasteiger partial charge is 0.289 e. The van der Waals surface area contributed by atoms with Gasteiger partial charge in [0.05, 0.1) is 10.2 Å². The van der Waals surface area contributed by atoms with E-state index in [0.29, 0.717) is 0 Å². The lowest BCUT2D eigenvalue weighted by Gasteiger charge is -2.10. The molecule has 1 aliphatic rings. The molecule has 6 rings (SSSR count). The Morgan fingerprint density at radius 1 is 0.697 bits per heavy atom. The lowest BCUT2D eigenvalue weighted by molar-refractivity contribution is 0.104. The number of fused-ring (bicyclic) bond motifs is 4. The average molecular weight is 446 g/mol. The molecule has 1 heterocycles. The van der Waals surface area contributed by atoms with Crippen molar-refractivity contribution in [1.29, 1.82) is 0 Å². The number of carbonyl (C=O) groups excluding carboxylic acids is 1. The number of ketones is 1. The van der Waals surface area contributed by atoms with Gasteiger partial charge in [0.25, 0.3) is 0 Å². The van der Waals surface area contributed by atoms with Crippen molar-refractivity contribution in [3.63, 3.8) is 0 Å². The Labute approximate surface area is 197 Å². The second-order valence-electron chi connectivity index (χ2n) is 8.51. The van der Waals surface area contributed by atoms with Crippen LogP contribution in [0.1, 0.15) is 40.9 Å². The Kier molecular flexibility index (Phi) is 4.74. The molecule has 33 heavy (non-hydrogen) atoms. The van der Waals surface area contributed by atoms with Gasteiger partial charge in [-0.3, -0.25) is 4.79 Å². The Morgan fingerprint density at radius 2 is 1.39 bits per heavy atom. The first-order valence-electron chi connectivity index (χ1n) is 11.5. The number of benzene rings is 4. The van der Waals surface area contributed by atoms with Crippen LogP contribution in [0.25, 0.3) is 43.0 Å². The second kappa shape index (κ2) is 7.79. The summed E-state index contributed by atoms with van der Waals surface area (Å²) in [5, 5.41) is 1.02. The average Bonchev–Trinajstić information content (AvgIpc) is 3.43. The van der Waals surface area contributed by atoms with Crippen LogP contribution < -0.4 is 0 Å². The predicted molar refractivity (Wildman–Crippen MR) is 138 cm³/mol. The van der Waals surface area contributed by atoms with Crippen molar-refractivity contribution in [1.82, 2.24) is 4.98 Å². The molecule has 160 valence electrons. The van der Waals surface area contributed by atoms with Gasteiger partial charge in [0.2, 0.25) is 0 Å². The van der Waals surface area contributed by atoms with Crippen LogP contribution in [0.3, 0.4) is 0 Å². The minimum Gasteiger partial charge on any atom is -0.289 e. The summed E-state index contributed by atoms with van der Waals surface area (Å²) < 4.78 is 1.16. The summed E-state index contributed by atoms with van der Waals surface area (Å²) in [5.74, 6) is 0.124. The standard InChI is InChI=1S/C30H23NOS/c1-3-18-11-14-20(15-12-18)30-31-28-23(8-6-10-26(28)33-30)21-7-5-9-24-27(21)22-16-13-19(4-2)17-25(22)29(24)32/h5-17H,3-4H2,1-2H3. The first kappa shape index (κ1) is 20.1. The molecule has 1 aromatic heterocycles. The third-order valence-electron chi connectivity index (χ3n) is 6.63. The maximum Gasteiger partial charge on any atom is 0.194 e. The smallest absolute Gasteiger partial charge is 0.194 e. The molecule has 0 N–H and O–H groups in total. The van der Waals surface area contributed by atoms with E-state index in [9.17, 15) is 4.79 Å². The number of aryl methyl sites for hydroxylation is 2. The molecule has 0 bridgehead atoms. The maximum atomic E-state index is 13.2. The minimum atomic E-state index is 0.124. The molecule has 0 atom stereocenters. The van der Waals surface area contributed by atoms with Crippen molar-refractivity contribution in [3.8, 4) is 32.8 Å². The highest BCUT2D eigenvalue weighted by atomic mass is 32.1. The van der Waals surface area contributed by atoms with Crippen LogP contribution in [-0.2, 0) is 12.8 Å². The molecule has 0 fully saturated rings. The molecular weight excluding hydrogens is 422 g/mol. The van der Waals surface area contributed by atoms with E-state index in [0.717, 1.165) is 67.0 Å². The van der Waals surface area contributed by atoms with E-state index in [4.69, 9.17) is 4.98 Å². The van der Waals surface area contributed by atoms with Gasteiger partial charge in [0.15, 0.2) is 5.78 Å². The topological polar surface area (TPSA) is 30.0 Å². The fourth-order valence-corrected chi connectivity index (χ4v) is 5.79. The Morgan fingerprint density at radius 3 is 2.18 bits per heavy atom. The lowest BCUT2D eigenvalue weighted by atomic mass is 9.93. The summed E-state index contributed by atoms with van der Waals surface area (Å²) in [5.41, 5.74) is 10.5. The number of thiazole rings is 1. The van der Waals surface area contributed by atoms with Gasteiger partial charge in [-0.15, -0.1) is 11.3 Å². The molecule has 0 amide bonds. The fourth-order valence-electron chi connectivity index (χ4n) is 4.79. The zero-order valence-electron chi connectivity index (χ0n) is 18.7.